The summed E-state index contributed by atoms with van der Waals surface area (Å²) in [6, 6.07) is 0. The van der Waals surface area contributed by atoms with E-state index in [1.807, 2.05) is 0 Å². The van der Waals surface area contributed by atoms with Crippen LogP contribution in [0.3, 0.4) is 0 Å². The quantitative estimate of drug-likeness (QED) is 0.165. The Morgan fingerprint density at radius 3 is 2.62 bits per heavy atom. The first kappa shape index (κ1) is 25.9. The van der Waals surface area contributed by atoms with E-state index >= 15 is 0 Å². The summed E-state index contributed by atoms with van der Waals surface area (Å²) in [5.74, 6) is -3.82. The van der Waals surface area contributed by atoms with Crippen molar-refractivity contribution in [3.8, 4) is 0 Å². The van der Waals surface area contributed by atoms with Gasteiger partial charge in [-0.3, -0.25) is 14.5 Å². The predicted molar refractivity (Wildman–Crippen MR) is 84.5 cm³/mol. The number of carboxylic acids is 2. The second kappa shape index (κ2) is 11.3. The van der Waals surface area contributed by atoms with Crippen molar-refractivity contribution < 1.29 is 93.2 Å². The summed E-state index contributed by atoms with van der Waals surface area (Å²) in [4.78, 5) is 45.7. The maximum Gasteiger partial charge on any atom is 1.00 e. The third-order valence-corrected chi connectivity index (χ3v) is 4.80. The fourth-order valence-corrected chi connectivity index (χ4v) is 3.55. The number of hydrogen-bond acceptors (Lipinski definition) is 10. The van der Waals surface area contributed by atoms with E-state index in [9.17, 15) is 29.4 Å². The molecule has 142 valence electrons. The number of rotatable bonds is 8. The Morgan fingerprint density at radius 1 is 1.24 bits per heavy atom. The van der Waals surface area contributed by atoms with Crippen LogP contribution in [0, 0.1) is 0 Å². The van der Waals surface area contributed by atoms with E-state index in [0.29, 0.717) is 11.3 Å². The van der Waals surface area contributed by atoms with Crippen molar-refractivity contribution in [1.82, 2.24) is 19.9 Å². The van der Waals surface area contributed by atoms with E-state index in [0.717, 1.165) is 4.90 Å². The fourth-order valence-electron chi connectivity index (χ4n) is 2.44. The third kappa shape index (κ3) is 6.17. The van der Waals surface area contributed by atoms with Crippen molar-refractivity contribution in [2.24, 2.45) is 0 Å². The molecule has 0 aliphatic carbocycles. The number of hydrogen-bond donors (Lipinski definition) is 0. The largest absolute Gasteiger partial charge is 1.00 e. The zero-order valence-electron chi connectivity index (χ0n) is 15.7. The van der Waals surface area contributed by atoms with Crippen LogP contribution in [0.25, 0.3) is 6.08 Å². The van der Waals surface area contributed by atoms with E-state index in [2.05, 4.69) is 10.3 Å². The number of aromatic nitrogens is 3. The predicted octanol–water partition coefficient (Wildman–Crippen LogP) is -8.75. The molecule has 2 aliphatic heterocycles. The van der Waals surface area contributed by atoms with Gasteiger partial charge in [-0.2, -0.15) is 0 Å². The molecule has 1 amide bonds. The Morgan fingerprint density at radius 2 is 1.97 bits per heavy atom. The van der Waals surface area contributed by atoms with E-state index in [1.165, 1.54) is 34.1 Å². The van der Waals surface area contributed by atoms with Gasteiger partial charge in [-0.05, 0) is 17.9 Å². The maximum absolute atomic E-state index is 12.1. The zero-order chi connectivity index (χ0) is 19.6. The third-order valence-electron chi connectivity index (χ3n) is 3.72. The first-order valence-electron chi connectivity index (χ1n) is 7.74. The van der Waals surface area contributed by atoms with E-state index < -0.39 is 35.6 Å². The molecule has 0 bridgehead atoms. The summed E-state index contributed by atoms with van der Waals surface area (Å²) in [7, 11) is 0. The molecule has 1 saturated heterocycles. The number of carboxylic acid groups (broad SMARTS) is 2. The first-order chi connectivity index (χ1) is 12.9. The van der Waals surface area contributed by atoms with Crippen molar-refractivity contribution in [2.75, 3.05) is 6.61 Å². The molecular weight excluding hydrogens is 426 g/mol. The van der Waals surface area contributed by atoms with Crippen LogP contribution in [0.5, 0.6) is 0 Å². The van der Waals surface area contributed by atoms with Gasteiger partial charge in [0.15, 0.2) is 0 Å². The Kier molecular flexibility index (Phi) is 10.1. The van der Waals surface area contributed by atoms with Crippen molar-refractivity contribution in [1.29, 1.82) is 0 Å². The van der Waals surface area contributed by atoms with Gasteiger partial charge in [-0.25, -0.2) is 4.68 Å². The Hall–Kier alpha value is -1.15. The topological polar surface area (TPSA) is 158 Å². The molecule has 2 aliphatic rings. The number of amides is 1. The molecule has 29 heavy (non-hydrogen) atoms. The molecule has 1 aromatic rings. The normalized spacial score (nSPS) is 18.1. The van der Waals surface area contributed by atoms with Gasteiger partial charge in [0.25, 0.3) is 5.91 Å². The Balaban J connectivity index is 0.00000210. The molecule has 1 atom stereocenters. The second-order valence-electron chi connectivity index (χ2n) is 5.55. The molecular formula is C15H12N4Na2O7S. The van der Waals surface area contributed by atoms with Gasteiger partial charge in [0.05, 0.1) is 36.4 Å². The van der Waals surface area contributed by atoms with Crippen molar-refractivity contribution >= 4 is 41.7 Å². The number of nitrogens with zero attached hydrogens (tertiary/aromatic N) is 4. The molecule has 0 aromatic carbocycles. The van der Waals surface area contributed by atoms with Gasteiger partial charge in [-0.15, -0.1) is 16.9 Å². The number of carbonyl (C=O) groups excluding carboxylic acids is 4. The number of aliphatic carboxylic acids is 2. The molecule has 0 unspecified atom stereocenters. The summed E-state index contributed by atoms with van der Waals surface area (Å²) in [5.41, 5.74) is 0.633. The van der Waals surface area contributed by atoms with Crippen LogP contribution in [0.4, 0.5) is 0 Å². The molecule has 1 fully saturated rings. The van der Waals surface area contributed by atoms with Gasteiger partial charge in [0, 0.05) is 5.97 Å². The number of esters is 1. The van der Waals surface area contributed by atoms with E-state index in [-0.39, 0.29) is 84.4 Å². The van der Waals surface area contributed by atoms with Crippen LogP contribution < -0.4 is 69.3 Å². The van der Waals surface area contributed by atoms with E-state index in [4.69, 9.17) is 4.74 Å². The van der Waals surface area contributed by atoms with Crippen molar-refractivity contribution in [3.63, 3.8) is 0 Å². The number of fused-ring (bicyclic) bond motifs is 1. The molecule has 0 radical (unpaired) electrons. The van der Waals surface area contributed by atoms with Crippen LogP contribution in [0.1, 0.15) is 18.5 Å². The van der Waals surface area contributed by atoms with Gasteiger partial charge in [-0.1, -0.05) is 5.21 Å². The fraction of sp³-hybridized carbons (Fsp3) is 0.333. The van der Waals surface area contributed by atoms with Crippen LogP contribution in [-0.4, -0.2) is 55.7 Å². The summed E-state index contributed by atoms with van der Waals surface area (Å²) in [6.45, 7) is 0.178. The molecule has 0 saturated carbocycles. The maximum atomic E-state index is 12.1. The minimum Gasteiger partial charge on any atom is -0.550 e. The molecule has 3 rings (SSSR count). The van der Waals surface area contributed by atoms with Crippen LogP contribution in [0.2, 0.25) is 0 Å². The summed E-state index contributed by atoms with van der Waals surface area (Å²) in [5, 5.41) is 29.8. The van der Waals surface area contributed by atoms with Gasteiger partial charge in [0.1, 0.15) is 17.7 Å². The second-order valence-corrected chi connectivity index (χ2v) is 6.51. The van der Waals surface area contributed by atoms with E-state index in [1.54, 1.807) is 0 Å². The number of β-lactam (4-membered cyclic amide) rings is 1. The smallest absolute Gasteiger partial charge is 0.550 e. The first-order valence-corrected chi connectivity index (χ1v) is 8.69. The molecule has 11 nitrogen and oxygen atoms in total. The summed E-state index contributed by atoms with van der Waals surface area (Å²) in [6.07, 6.45) is 2.37. The molecule has 0 N–H and O–H groups in total. The number of carbonyl (C=O) groups is 4. The Labute approximate surface area is 213 Å². The molecule has 3 heterocycles. The van der Waals surface area contributed by atoms with Gasteiger partial charge < -0.3 is 24.5 Å². The van der Waals surface area contributed by atoms with Gasteiger partial charge >= 0.3 is 65.1 Å². The summed E-state index contributed by atoms with van der Waals surface area (Å²) < 4.78 is 6.26. The van der Waals surface area contributed by atoms with Crippen molar-refractivity contribution in [3.05, 3.63) is 28.6 Å². The molecule has 1 aromatic heterocycles. The zero-order valence-corrected chi connectivity index (χ0v) is 20.5. The van der Waals surface area contributed by atoms with Gasteiger partial charge in [0.2, 0.25) is 0 Å². The summed E-state index contributed by atoms with van der Waals surface area (Å²) >= 11 is 1.19. The van der Waals surface area contributed by atoms with Crippen LogP contribution >= 0.6 is 11.8 Å². The standard InChI is InChI=1S/C15H14N4O7S.2Na/c20-11(21)1-2-12(22)26-4-3-18-6-8(16-17-18)5-9-13(23)19-10(15(24)25)7-27-14(9)19;;/h5-7,14H,1-4H2,(H,20,21)(H,24,25);;/q;2*+1/p-2/b9-5-;;/t14-;;/m1../s1. The monoisotopic (exact) mass is 438 g/mol. The van der Waals surface area contributed by atoms with Crippen LogP contribution in [-0.2, 0) is 30.5 Å². The van der Waals surface area contributed by atoms with Crippen molar-refractivity contribution in [2.45, 2.75) is 24.8 Å². The van der Waals surface area contributed by atoms with Crippen LogP contribution in [0.15, 0.2) is 22.9 Å². The average Bonchev–Trinajstić information content (AvgIpc) is 3.22. The average molecular weight is 438 g/mol. The minimum absolute atomic E-state index is 0. The number of thioether (sulfide) groups is 1. The number of ether oxygens (including phenoxy) is 1. The Bertz CT molecular complexity index is 886. The SMILES string of the molecule is O=C([O-])CCC(=O)OCCn1cc(/C=C2/C(=O)N3C(C(=O)[O-])=CS[C@H]23)nn1.[Na+].[Na+]. The molecule has 14 heteroatoms. The minimum atomic E-state index is -1.41. The molecule has 0 spiro atoms.